The summed E-state index contributed by atoms with van der Waals surface area (Å²) in [6.45, 7) is 0. The van der Waals surface area contributed by atoms with Crippen LogP contribution in [0, 0.1) is 0 Å². The summed E-state index contributed by atoms with van der Waals surface area (Å²) >= 11 is 0.505. The Balaban J connectivity index is 1.31. The molecule has 262 valence electrons. The van der Waals surface area contributed by atoms with E-state index in [-0.39, 0.29) is 9.40 Å². The SMILES string of the molecule is [2H]c1c([2H])c([2H])c(-c2nc(-c3c([2H])c([2H])c(-c4c([2H])c([2H])c([2H])c([2H])c4[2H])c([2H])c3[2H])nc(-c3c([2H])c([2H])c([2H])c4c3sc3c([2H])c([2H])c([2H])c(-c5c([2H])c([2H])c(-c6c([2H])c([2H])c([2H])c([2H])c6[2H])c6c5oc5c([2H])c([2H])c([2H])c([2H])c56)c34)n2)c([2H])c1[2H]. The smallest absolute Gasteiger partial charge is 0.165 e. The maximum Gasteiger partial charge on any atom is 0.165 e. The van der Waals surface area contributed by atoms with E-state index < -0.39 is 288 Å². The average molecular weight is 765 g/mol. The fourth-order valence-electron chi connectivity index (χ4n) is 6.04. The molecule has 0 saturated heterocycles. The molecule has 0 saturated carbocycles. The van der Waals surface area contributed by atoms with Gasteiger partial charge in [-0.05, 0) is 52.0 Å². The van der Waals surface area contributed by atoms with E-state index in [4.69, 9.17) is 33.2 Å². The lowest BCUT2D eigenvalue weighted by Gasteiger charge is -2.10. The normalized spacial score (nSPS) is 19.3. The third-order valence-corrected chi connectivity index (χ3v) is 9.55. The van der Waals surface area contributed by atoms with Crippen molar-refractivity contribution in [1.82, 2.24) is 15.0 Å². The van der Waals surface area contributed by atoms with E-state index in [1.54, 1.807) is 0 Å². The van der Waals surface area contributed by atoms with Gasteiger partial charge in [-0.3, -0.25) is 0 Å². The first-order valence-electron chi connectivity index (χ1n) is 31.7. The molecular weight excluding hydrogens is 703 g/mol. The number of aromatic nitrogens is 3. The Labute approximate surface area is 370 Å². The molecule has 8 aromatic carbocycles. The number of benzene rings is 8. The van der Waals surface area contributed by atoms with Gasteiger partial charge in [0.1, 0.15) is 11.2 Å². The molecule has 0 atom stereocenters. The number of furan rings is 1. The summed E-state index contributed by atoms with van der Waals surface area (Å²) in [5, 5.41) is -1.96. The van der Waals surface area contributed by atoms with Gasteiger partial charge in [0, 0.05) is 53.2 Å². The molecule has 0 spiro atoms. The van der Waals surface area contributed by atoms with E-state index >= 15 is 0 Å². The van der Waals surface area contributed by atoms with Gasteiger partial charge in [-0.15, -0.1) is 11.3 Å². The Morgan fingerprint density at radius 3 is 1.66 bits per heavy atom. The molecule has 56 heavy (non-hydrogen) atoms. The highest BCUT2D eigenvalue weighted by Gasteiger charge is 2.22. The van der Waals surface area contributed by atoms with Crippen LogP contribution in [0.5, 0.6) is 0 Å². The lowest BCUT2D eigenvalue weighted by molar-refractivity contribution is 0.670. The Morgan fingerprint density at radius 2 is 0.911 bits per heavy atom. The molecule has 0 bridgehead atoms. The van der Waals surface area contributed by atoms with E-state index in [1.807, 2.05) is 0 Å². The quantitative estimate of drug-likeness (QED) is 0.169. The Hall–Kier alpha value is -7.21. The van der Waals surface area contributed by atoms with Gasteiger partial charge in [0.15, 0.2) is 17.5 Å². The van der Waals surface area contributed by atoms with Crippen molar-refractivity contribution in [2.45, 2.75) is 0 Å². The second kappa shape index (κ2) is 13.3. The highest BCUT2D eigenvalue weighted by molar-refractivity contribution is 7.26. The summed E-state index contributed by atoms with van der Waals surface area (Å²) in [5.74, 6) is -2.54. The number of nitrogens with zero attached hydrogens (tertiary/aromatic N) is 3. The van der Waals surface area contributed by atoms with Crippen molar-refractivity contribution in [3.05, 3.63) is 187 Å². The van der Waals surface area contributed by atoms with Gasteiger partial charge in [-0.2, -0.15) is 0 Å². The maximum atomic E-state index is 9.72. The third kappa shape index (κ3) is 5.40. The standard InChI is InChI=1S/C51H31N3OS/c1-4-14-32(15-5-1)33-26-28-36(29-27-33)50-52-49(35-18-8-3-9-19-35)53-51(54-50)42-23-12-22-41-45-38(21-13-25-44(45)56-48(41)42)39-31-30-37(34-16-6-2-7-17-34)46-40-20-10-11-24-43(40)55-47(39)46/h1-31H/i1D,2D,3D,4D,5D,6D,7D,8D,9D,10D,11D,12D,13D,14D,15D,16D,17D,18D,19D,20D,21D,22D,23D,24D,25D,26D,27D,28D,29D,30D,31D. The molecule has 0 N–H and O–H groups in total. The monoisotopic (exact) mass is 764 g/mol. The van der Waals surface area contributed by atoms with Gasteiger partial charge in [-0.1, -0.05) is 163 Å². The van der Waals surface area contributed by atoms with Crippen LogP contribution in [0.25, 0.3) is 110 Å². The number of hydrogen-bond donors (Lipinski definition) is 0. The molecule has 0 aliphatic carbocycles. The number of para-hydroxylation sites is 1. The van der Waals surface area contributed by atoms with Crippen molar-refractivity contribution in [2.24, 2.45) is 0 Å². The molecule has 0 unspecified atom stereocenters. The molecule has 3 aromatic heterocycles. The maximum absolute atomic E-state index is 9.72. The molecule has 3 heterocycles. The van der Waals surface area contributed by atoms with Crippen molar-refractivity contribution in [3.8, 4) is 67.5 Å². The van der Waals surface area contributed by atoms with Crippen molar-refractivity contribution in [2.75, 3.05) is 0 Å². The lowest BCUT2D eigenvalue weighted by Crippen LogP contribution is -2.00. The van der Waals surface area contributed by atoms with Gasteiger partial charge < -0.3 is 4.42 Å². The minimum atomic E-state index is -1.03. The number of thiophene rings is 1. The predicted molar refractivity (Wildman–Crippen MR) is 233 cm³/mol. The Bertz CT molecular complexity index is 4960. The van der Waals surface area contributed by atoms with Crippen molar-refractivity contribution in [1.29, 1.82) is 0 Å². The van der Waals surface area contributed by atoms with Crippen LogP contribution < -0.4 is 0 Å². The minimum absolute atomic E-state index is 0.349. The largest absolute Gasteiger partial charge is 0.455 e. The van der Waals surface area contributed by atoms with Crippen LogP contribution in [-0.2, 0) is 0 Å². The number of fused-ring (bicyclic) bond motifs is 6. The van der Waals surface area contributed by atoms with Crippen LogP contribution in [0.3, 0.4) is 0 Å². The van der Waals surface area contributed by atoms with E-state index in [9.17, 15) is 13.7 Å². The Morgan fingerprint density at radius 1 is 0.375 bits per heavy atom. The predicted octanol–water partition coefficient (Wildman–Crippen LogP) is 14.1. The second-order valence-corrected chi connectivity index (χ2v) is 12.6. The average Bonchev–Trinajstić information content (AvgIpc) is 1.60. The summed E-state index contributed by atoms with van der Waals surface area (Å²) in [5.41, 5.74) is -7.66. The van der Waals surface area contributed by atoms with Crippen molar-refractivity contribution >= 4 is 53.4 Å². The molecule has 0 amide bonds. The van der Waals surface area contributed by atoms with Crippen LogP contribution in [0.15, 0.2) is 192 Å². The minimum Gasteiger partial charge on any atom is -0.455 e. The van der Waals surface area contributed by atoms with Gasteiger partial charge in [0.2, 0.25) is 0 Å². The summed E-state index contributed by atoms with van der Waals surface area (Å²) in [4.78, 5) is 13.2. The topological polar surface area (TPSA) is 51.8 Å². The van der Waals surface area contributed by atoms with E-state index in [0.717, 1.165) is 0 Å². The van der Waals surface area contributed by atoms with Gasteiger partial charge in [0.25, 0.3) is 0 Å². The highest BCUT2D eigenvalue weighted by atomic mass is 32.1. The van der Waals surface area contributed by atoms with Crippen LogP contribution >= 0.6 is 11.3 Å². The third-order valence-electron chi connectivity index (χ3n) is 8.43. The van der Waals surface area contributed by atoms with Crippen LogP contribution in [-0.4, -0.2) is 15.0 Å². The van der Waals surface area contributed by atoms with Crippen LogP contribution in [0.1, 0.15) is 42.5 Å². The number of hydrogen-bond acceptors (Lipinski definition) is 5. The summed E-state index contributed by atoms with van der Waals surface area (Å²) in [6, 6.07) is -28.1. The first-order chi connectivity index (χ1) is 40.6. The lowest BCUT2D eigenvalue weighted by atomic mass is 9.93. The molecule has 0 aliphatic heterocycles. The molecule has 0 radical (unpaired) electrons. The molecular formula is C51H31N3OS. The van der Waals surface area contributed by atoms with Gasteiger partial charge in [0.05, 0.1) is 42.5 Å². The van der Waals surface area contributed by atoms with Crippen LogP contribution in [0.2, 0.25) is 0 Å². The van der Waals surface area contributed by atoms with Gasteiger partial charge >= 0.3 is 0 Å². The van der Waals surface area contributed by atoms with Gasteiger partial charge in [-0.25, -0.2) is 15.0 Å². The fraction of sp³-hybridized carbons (Fsp3) is 0. The molecule has 5 heteroatoms. The Kier molecular flexibility index (Phi) is 3.28. The van der Waals surface area contributed by atoms with Crippen molar-refractivity contribution in [3.63, 3.8) is 0 Å². The zero-order valence-corrected chi connectivity index (χ0v) is 28.5. The van der Waals surface area contributed by atoms with Crippen molar-refractivity contribution < 1.29 is 46.9 Å². The van der Waals surface area contributed by atoms with E-state index in [2.05, 4.69) is 15.0 Å². The zero-order chi connectivity index (χ0) is 64.0. The van der Waals surface area contributed by atoms with Crippen LogP contribution in [0.4, 0.5) is 0 Å². The number of rotatable bonds is 6. The highest BCUT2D eigenvalue weighted by Crippen LogP contribution is 2.47. The molecule has 11 aromatic rings. The molecule has 0 fully saturated rings. The van der Waals surface area contributed by atoms with E-state index in [1.165, 1.54) is 0 Å². The summed E-state index contributed by atoms with van der Waals surface area (Å²) in [7, 11) is 0. The second-order valence-electron chi connectivity index (χ2n) is 11.6. The molecule has 4 nitrogen and oxygen atoms in total. The fourth-order valence-corrected chi connectivity index (χ4v) is 7.15. The molecule has 0 aliphatic rings. The summed E-state index contributed by atoms with van der Waals surface area (Å²) < 4.78 is 281. The first kappa shape index (κ1) is 13.8. The van der Waals surface area contributed by atoms with E-state index in [0.29, 0.717) is 11.3 Å². The zero-order valence-electron chi connectivity index (χ0n) is 58.7. The summed E-state index contributed by atoms with van der Waals surface area (Å²) in [6.07, 6.45) is 0. The first-order valence-corrected chi connectivity index (χ1v) is 17.0. The molecule has 11 rings (SSSR count).